The zero-order chi connectivity index (χ0) is 18.7. The second kappa shape index (κ2) is 6.93. The van der Waals surface area contributed by atoms with Gasteiger partial charge in [-0.25, -0.2) is 0 Å². The molecule has 1 aliphatic heterocycles. The average Bonchev–Trinajstić information content (AvgIpc) is 2.63. The molecule has 2 aromatic rings. The first-order valence-corrected chi connectivity index (χ1v) is 8.19. The number of hydrogen-bond acceptors (Lipinski definition) is 5. The minimum Gasteiger partial charge on any atom is -0.493 e. The van der Waals surface area contributed by atoms with Crippen LogP contribution >= 0.6 is 0 Å². The van der Waals surface area contributed by atoms with E-state index in [0.717, 1.165) is 5.56 Å². The van der Waals surface area contributed by atoms with E-state index in [0.29, 0.717) is 28.4 Å². The third-order valence-electron chi connectivity index (χ3n) is 4.18. The lowest BCUT2D eigenvalue weighted by molar-refractivity contribution is 0.0862. The van der Waals surface area contributed by atoms with Crippen molar-refractivity contribution in [3.8, 4) is 23.3 Å². The summed E-state index contributed by atoms with van der Waals surface area (Å²) in [6.07, 6.45) is 1.80. The molecule has 3 rings (SSSR count). The molecular weight excluding hydrogens is 330 g/mol. The third-order valence-corrected chi connectivity index (χ3v) is 4.18. The summed E-state index contributed by atoms with van der Waals surface area (Å²) in [7, 11) is 1.53. The van der Waals surface area contributed by atoms with Crippen molar-refractivity contribution >= 4 is 11.9 Å². The molecule has 2 aromatic carbocycles. The number of ether oxygens (including phenoxy) is 3. The summed E-state index contributed by atoms with van der Waals surface area (Å²) in [5.74, 6) is 1.52. The fraction of sp³-hybridized carbons (Fsp3) is 0.238. The van der Waals surface area contributed by atoms with Gasteiger partial charge in [0.05, 0.1) is 12.7 Å². The molecule has 0 amide bonds. The zero-order valence-corrected chi connectivity index (χ0v) is 14.9. The first kappa shape index (κ1) is 17.6. The fourth-order valence-corrected chi connectivity index (χ4v) is 2.90. The minimum absolute atomic E-state index is 0.0550. The zero-order valence-electron chi connectivity index (χ0n) is 14.9. The molecule has 0 aliphatic carbocycles. The molecule has 5 heteroatoms. The predicted molar refractivity (Wildman–Crippen MR) is 97.6 cm³/mol. The van der Waals surface area contributed by atoms with Crippen LogP contribution in [0.4, 0.5) is 0 Å². The lowest BCUT2D eigenvalue weighted by atomic mass is 9.86. The fourth-order valence-electron chi connectivity index (χ4n) is 2.90. The van der Waals surface area contributed by atoms with Gasteiger partial charge in [-0.15, -0.1) is 0 Å². The molecule has 132 valence electrons. The van der Waals surface area contributed by atoms with Crippen molar-refractivity contribution in [2.24, 2.45) is 0 Å². The Labute approximate surface area is 152 Å². The molecule has 0 bridgehead atoms. The van der Waals surface area contributed by atoms with E-state index in [2.05, 4.69) is 0 Å². The molecule has 1 heterocycles. The molecule has 0 saturated carbocycles. The van der Waals surface area contributed by atoms with Gasteiger partial charge in [-0.3, -0.25) is 4.79 Å². The standard InChI is InChI=1S/C21H19NO4/c1-21(2)16(20(23)15-6-4-5-7-17(15)26-21)12-14-8-9-18(25-11-10-22)19(13-14)24-3/h4-9,12-13H,11H2,1-3H3. The van der Waals surface area contributed by atoms with Crippen LogP contribution in [0.15, 0.2) is 48.0 Å². The number of hydrogen-bond donors (Lipinski definition) is 0. The van der Waals surface area contributed by atoms with Crippen LogP contribution in [0.2, 0.25) is 0 Å². The van der Waals surface area contributed by atoms with E-state index >= 15 is 0 Å². The maximum absolute atomic E-state index is 13.0. The van der Waals surface area contributed by atoms with Crippen LogP contribution in [0.1, 0.15) is 29.8 Å². The monoisotopic (exact) mass is 349 g/mol. The Balaban J connectivity index is 2.01. The van der Waals surface area contributed by atoms with Crippen molar-refractivity contribution < 1.29 is 19.0 Å². The van der Waals surface area contributed by atoms with Gasteiger partial charge >= 0.3 is 0 Å². The van der Waals surface area contributed by atoms with E-state index in [1.807, 2.05) is 38.1 Å². The minimum atomic E-state index is -0.755. The van der Waals surface area contributed by atoms with Crippen molar-refractivity contribution in [1.82, 2.24) is 0 Å². The number of ketones is 1. The highest BCUT2D eigenvalue weighted by Gasteiger charge is 2.37. The number of carbonyl (C=O) groups is 1. The van der Waals surface area contributed by atoms with E-state index in [1.54, 1.807) is 30.3 Å². The molecule has 26 heavy (non-hydrogen) atoms. The van der Waals surface area contributed by atoms with Gasteiger partial charge < -0.3 is 14.2 Å². The summed E-state index contributed by atoms with van der Waals surface area (Å²) in [5, 5.41) is 8.65. The van der Waals surface area contributed by atoms with Gasteiger partial charge in [-0.2, -0.15) is 5.26 Å². The smallest absolute Gasteiger partial charge is 0.196 e. The molecule has 0 saturated heterocycles. The topological polar surface area (TPSA) is 68.6 Å². The van der Waals surface area contributed by atoms with Crippen LogP contribution in [0.25, 0.3) is 6.08 Å². The highest BCUT2D eigenvalue weighted by molar-refractivity contribution is 6.15. The Kier molecular flexibility index (Phi) is 4.68. The van der Waals surface area contributed by atoms with Gasteiger partial charge in [0.15, 0.2) is 23.9 Å². The molecule has 0 spiro atoms. The number of nitrogens with zero attached hydrogens (tertiary/aromatic N) is 1. The van der Waals surface area contributed by atoms with Crippen molar-refractivity contribution in [3.63, 3.8) is 0 Å². The number of methoxy groups -OCH3 is 1. The first-order chi connectivity index (χ1) is 12.5. The molecule has 1 aliphatic rings. The molecule has 0 fully saturated rings. The first-order valence-electron chi connectivity index (χ1n) is 8.19. The van der Waals surface area contributed by atoms with Gasteiger partial charge in [-0.1, -0.05) is 18.2 Å². The van der Waals surface area contributed by atoms with E-state index in [-0.39, 0.29) is 12.4 Å². The van der Waals surface area contributed by atoms with E-state index < -0.39 is 5.60 Å². The molecule has 0 aromatic heterocycles. The average molecular weight is 349 g/mol. The largest absolute Gasteiger partial charge is 0.493 e. The van der Waals surface area contributed by atoms with Gasteiger partial charge in [0.2, 0.25) is 0 Å². The number of para-hydroxylation sites is 1. The van der Waals surface area contributed by atoms with Crippen LogP contribution in [0.5, 0.6) is 17.2 Å². The summed E-state index contributed by atoms with van der Waals surface area (Å²) >= 11 is 0. The van der Waals surface area contributed by atoms with Crippen LogP contribution in [-0.4, -0.2) is 25.1 Å². The van der Waals surface area contributed by atoms with Crippen LogP contribution in [-0.2, 0) is 0 Å². The van der Waals surface area contributed by atoms with Crippen molar-refractivity contribution in [1.29, 1.82) is 5.26 Å². The number of fused-ring (bicyclic) bond motifs is 1. The highest BCUT2D eigenvalue weighted by atomic mass is 16.5. The van der Waals surface area contributed by atoms with E-state index in [4.69, 9.17) is 19.5 Å². The quantitative estimate of drug-likeness (QED) is 0.780. The van der Waals surface area contributed by atoms with Gasteiger partial charge in [0, 0.05) is 5.57 Å². The molecule has 0 unspecified atom stereocenters. The van der Waals surface area contributed by atoms with Crippen LogP contribution < -0.4 is 14.2 Å². The van der Waals surface area contributed by atoms with Gasteiger partial charge in [-0.05, 0) is 49.8 Å². The Bertz CT molecular complexity index is 922. The molecule has 0 atom stereocenters. The van der Waals surface area contributed by atoms with Crippen molar-refractivity contribution in [2.45, 2.75) is 19.4 Å². The SMILES string of the molecule is COc1cc(C=C2C(=O)c3ccccc3OC2(C)C)ccc1OCC#N. The third kappa shape index (κ3) is 3.27. The number of benzene rings is 2. The molecular formula is C21H19NO4. The summed E-state index contributed by atoms with van der Waals surface area (Å²) in [6, 6.07) is 14.5. The maximum atomic E-state index is 13.0. The van der Waals surface area contributed by atoms with Crippen LogP contribution in [0.3, 0.4) is 0 Å². The number of carbonyl (C=O) groups excluding carboxylic acids is 1. The summed E-state index contributed by atoms with van der Waals surface area (Å²) in [4.78, 5) is 13.0. The number of nitriles is 1. The lowest BCUT2D eigenvalue weighted by Gasteiger charge is -2.34. The Morgan fingerprint density at radius 2 is 1.96 bits per heavy atom. The summed E-state index contributed by atoms with van der Waals surface area (Å²) < 4.78 is 16.7. The van der Waals surface area contributed by atoms with Crippen molar-refractivity contribution in [3.05, 3.63) is 59.2 Å². The number of rotatable bonds is 4. The Morgan fingerprint density at radius 1 is 1.19 bits per heavy atom. The van der Waals surface area contributed by atoms with Crippen molar-refractivity contribution in [2.75, 3.05) is 13.7 Å². The van der Waals surface area contributed by atoms with E-state index in [9.17, 15) is 4.79 Å². The van der Waals surface area contributed by atoms with Crippen LogP contribution in [0, 0.1) is 11.3 Å². The maximum Gasteiger partial charge on any atom is 0.196 e. The molecule has 0 radical (unpaired) electrons. The molecule has 0 N–H and O–H groups in total. The number of Topliss-reactive ketones (excluding diaryl/α,β-unsaturated/α-hetero) is 1. The van der Waals surface area contributed by atoms with Gasteiger partial charge in [0.25, 0.3) is 0 Å². The molecule has 5 nitrogen and oxygen atoms in total. The normalized spacial score (nSPS) is 16.4. The Hall–Kier alpha value is -3.26. The Morgan fingerprint density at radius 3 is 2.69 bits per heavy atom. The van der Waals surface area contributed by atoms with Gasteiger partial charge in [0.1, 0.15) is 17.4 Å². The second-order valence-electron chi connectivity index (χ2n) is 6.35. The second-order valence-corrected chi connectivity index (χ2v) is 6.35. The lowest BCUT2D eigenvalue weighted by Crippen LogP contribution is -2.38. The summed E-state index contributed by atoms with van der Waals surface area (Å²) in [5.41, 5.74) is 1.14. The highest BCUT2D eigenvalue weighted by Crippen LogP contribution is 2.38. The van der Waals surface area contributed by atoms with E-state index in [1.165, 1.54) is 7.11 Å². The predicted octanol–water partition coefficient (Wildman–Crippen LogP) is 4.03. The summed E-state index contributed by atoms with van der Waals surface area (Å²) in [6.45, 7) is 3.68.